The van der Waals surface area contributed by atoms with Gasteiger partial charge in [0.15, 0.2) is 0 Å². The molecule has 2 amide bonds. The summed E-state index contributed by atoms with van der Waals surface area (Å²) in [6, 6.07) is -0.236. The summed E-state index contributed by atoms with van der Waals surface area (Å²) >= 11 is 0. The van der Waals surface area contributed by atoms with E-state index in [-0.39, 0.29) is 11.6 Å². The highest BCUT2D eigenvalue weighted by molar-refractivity contribution is 5.72. The fraction of sp³-hybridized carbons (Fsp3) is 0.917. The van der Waals surface area contributed by atoms with Crippen molar-refractivity contribution in [2.45, 2.75) is 58.5 Å². The molecule has 4 heteroatoms. The highest BCUT2D eigenvalue weighted by Gasteiger charge is 2.15. The van der Waals surface area contributed by atoms with E-state index >= 15 is 0 Å². The molecule has 0 unspecified atom stereocenters. The fourth-order valence-corrected chi connectivity index (χ4v) is 1.86. The average Bonchev–Trinajstić information content (AvgIpc) is 2.24. The van der Waals surface area contributed by atoms with Crippen LogP contribution < -0.4 is 10.8 Å². The summed E-state index contributed by atoms with van der Waals surface area (Å²) in [5.74, 6) is 0.647. The molecule has 0 aliphatic heterocycles. The molecule has 0 radical (unpaired) electrons. The summed E-state index contributed by atoms with van der Waals surface area (Å²) in [4.78, 5) is 16.6. The fourth-order valence-electron chi connectivity index (χ4n) is 1.86. The second kappa shape index (κ2) is 6.09. The van der Waals surface area contributed by atoms with Crippen LogP contribution in [0.1, 0.15) is 52.9 Å². The maximum absolute atomic E-state index is 11.4. The Morgan fingerprint density at radius 2 is 1.88 bits per heavy atom. The molecule has 0 aromatic carbocycles. The lowest BCUT2D eigenvalue weighted by Crippen LogP contribution is -2.42. The Kier molecular flexibility index (Phi) is 5.06. The molecule has 0 bridgehead atoms. The first-order chi connectivity index (χ1) is 7.47. The van der Waals surface area contributed by atoms with E-state index in [1.54, 1.807) is 0 Å². The second-order valence-electron chi connectivity index (χ2n) is 5.53. The summed E-state index contributed by atoms with van der Waals surface area (Å²) in [6.07, 6.45) is 6.41. The maximum Gasteiger partial charge on any atom is 0.338 e. The molecule has 4 nitrogen and oxygen atoms in total. The molecule has 1 fully saturated rings. The van der Waals surface area contributed by atoms with E-state index < -0.39 is 0 Å². The van der Waals surface area contributed by atoms with Crippen molar-refractivity contribution in [2.75, 3.05) is 6.54 Å². The van der Waals surface area contributed by atoms with Crippen LogP contribution in [0.5, 0.6) is 0 Å². The topological polar surface area (TPSA) is 50.4 Å². The number of amides is 2. The molecule has 0 heterocycles. The van der Waals surface area contributed by atoms with Crippen LogP contribution in [0.4, 0.5) is 4.79 Å². The van der Waals surface area contributed by atoms with Gasteiger partial charge in [0.25, 0.3) is 0 Å². The first-order valence-electron chi connectivity index (χ1n) is 6.19. The predicted octanol–water partition coefficient (Wildman–Crippen LogP) is 2.60. The Morgan fingerprint density at radius 3 is 2.44 bits per heavy atom. The van der Waals surface area contributed by atoms with Crippen LogP contribution in [0.3, 0.4) is 0 Å². The Morgan fingerprint density at radius 1 is 1.25 bits per heavy atom. The van der Waals surface area contributed by atoms with Crippen molar-refractivity contribution in [1.82, 2.24) is 10.8 Å². The molecule has 0 spiro atoms. The van der Waals surface area contributed by atoms with Crippen molar-refractivity contribution in [3.05, 3.63) is 0 Å². The molecule has 1 rings (SSSR count). The van der Waals surface area contributed by atoms with E-state index in [2.05, 4.69) is 10.8 Å². The molecule has 0 aromatic heterocycles. The normalized spacial score (nSPS) is 18.2. The molecule has 16 heavy (non-hydrogen) atoms. The van der Waals surface area contributed by atoms with Gasteiger partial charge in [0.2, 0.25) is 0 Å². The minimum absolute atomic E-state index is 0.236. The van der Waals surface area contributed by atoms with Crippen LogP contribution in [-0.4, -0.2) is 18.2 Å². The van der Waals surface area contributed by atoms with Gasteiger partial charge in [-0.2, -0.15) is 0 Å². The van der Waals surface area contributed by atoms with Crippen molar-refractivity contribution in [3.8, 4) is 0 Å². The van der Waals surface area contributed by atoms with Gasteiger partial charge in [0.05, 0.1) is 5.60 Å². The number of hydrogen-bond donors (Lipinski definition) is 2. The first kappa shape index (κ1) is 13.3. The highest BCUT2D eigenvalue weighted by atomic mass is 16.7. The van der Waals surface area contributed by atoms with Gasteiger partial charge in [-0.3, -0.25) is 4.84 Å². The molecule has 1 aliphatic rings. The molecule has 0 saturated heterocycles. The number of hydrogen-bond acceptors (Lipinski definition) is 2. The molecule has 0 aromatic rings. The molecular formula is C12H24N2O2. The molecule has 94 valence electrons. The quantitative estimate of drug-likeness (QED) is 0.729. The van der Waals surface area contributed by atoms with Crippen LogP contribution in [0, 0.1) is 5.92 Å². The van der Waals surface area contributed by atoms with E-state index in [1.807, 2.05) is 20.8 Å². The Labute approximate surface area is 98.1 Å². The van der Waals surface area contributed by atoms with Crippen molar-refractivity contribution in [2.24, 2.45) is 5.92 Å². The largest absolute Gasteiger partial charge is 0.338 e. The Hall–Kier alpha value is -0.770. The van der Waals surface area contributed by atoms with Crippen LogP contribution >= 0.6 is 0 Å². The van der Waals surface area contributed by atoms with Gasteiger partial charge in [-0.05, 0) is 39.5 Å². The van der Waals surface area contributed by atoms with Gasteiger partial charge >= 0.3 is 6.03 Å². The standard InChI is InChI=1S/C12H24N2O2/c1-12(2,3)16-14-11(15)13-9-10-7-5-4-6-8-10/h10H,4-9H2,1-3H3,(H2,13,14,15). The molecular weight excluding hydrogens is 204 g/mol. The monoisotopic (exact) mass is 228 g/mol. The SMILES string of the molecule is CC(C)(C)ONC(=O)NCC1CCCCC1. The van der Waals surface area contributed by atoms with Crippen molar-refractivity contribution < 1.29 is 9.63 Å². The predicted molar refractivity (Wildman–Crippen MR) is 63.9 cm³/mol. The maximum atomic E-state index is 11.4. The van der Waals surface area contributed by atoms with Crippen molar-refractivity contribution in [3.63, 3.8) is 0 Å². The van der Waals surface area contributed by atoms with E-state index in [9.17, 15) is 4.79 Å². The minimum atomic E-state index is -0.345. The summed E-state index contributed by atoms with van der Waals surface area (Å²) in [5.41, 5.74) is 2.07. The zero-order valence-corrected chi connectivity index (χ0v) is 10.6. The number of carbonyl (C=O) groups is 1. The summed E-state index contributed by atoms with van der Waals surface area (Å²) < 4.78 is 0. The van der Waals surface area contributed by atoms with Crippen LogP contribution in [-0.2, 0) is 4.84 Å². The van der Waals surface area contributed by atoms with Crippen LogP contribution in [0.2, 0.25) is 0 Å². The number of carbonyl (C=O) groups excluding carboxylic acids is 1. The van der Waals surface area contributed by atoms with Crippen LogP contribution in [0.25, 0.3) is 0 Å². The summed E-state index contributed by atoms with van der Waals surface area (Å²) in [6.45, 7) is 6.45. The highest BCUT2D eigenvalue weighted by Crippen LogP contribution is 2.22. The molecule has 1 aliphatic carbocycles. The lowest BCUT2D eigenvalue weighted by atomic mass is 9.89. The van der Waals surface area contributed by atoms with Gasteiger partial charge in [0.1, 0.15) is 0 Å². The Bertz CT molecular complexity index is 218. The van der Waals surface area contributed by atoms with Gasteiger partial charge < -0.3 is 5.32 Å². The van der Waals surface area contributed by atoms with E-state index in [1.165, 1.54) is 32.1 Å². The van der Waals surface area contributed by atoms with Crippen LogP contribution in [0.15, 0.2) is 0 Å². The lowest BCUT2D eigenvalue weighted by molar-refractivity contribution is -0.0529. The Balaban J connectivity index is 2.09. The number of urea groups is 1. The average molecular weight is 228 g/mol. The van der Waals surface area contributed by atoms with Gasteiger partial charge in [0, 0.05) is 6.54 Å². The minimum Gasteiger partial charge on any atom is -0.336 e. The lowest BCUT2D eigenvalue weighted by Gasteiger charge is -2.23. The zero-order chi connectivity index (χ0) is 12.0. The zero-order valence-electron chi connectivity index (χ0n) is 10.6. The molecule has 1 saturated carbocycles. The number of hydroxylamine groups is 1. The second-order valence-corrected chi connectivity index (χ2v) is 5.53. The third kappa shape index (κ3) is 5.95. The van der Waals surface area contributed by atoms with E-state index in [4.69, 9.17) is 4.84 Å². The van der Waals surface area contributed by atoms with Crippen molar-refractivity contribution in [1.29, 1.82) is 0 Å². The number of rotatable bonds is 3. The summed E-state index contributed by atoms with van der Waals surface area (Å²) in [5, 5.41) is 2.85. The number of nitrogens with one attached hydrogen (secondary N) is 2. The van der Waals surface area contributed by atoms with E-state index in [0.29, 0.717) is 5.92 Å². The summed E-state index contributed by atoms with van der Waals surface area (Å²) in [7, 11) is 0. The third-order valence-corrected chi connectivity index (χ3v) is 2.73. The van der Waals surface area contributed by atoms with E-state index in [0.717, 1.165) is 6.54 Å². The molecule has 2 N–H and O–H groups in total. The van der Waals surface area contributed by atoms with Gasteiger partial charge in [-0.25, -0.2) is 10.3 Å². The van der Waals surface area contributed by atoms with Gasteiger partial charge in [-0.15, -0.1) is 0 Å². The third-order valence-electron chi connectivity index (χ3n) is 2.73. The van der Waals surface area contributed by atoms with Crippen molar-refractivity contribution >= 4 is 6.03 Å². The smallest absolute Gasteiger partial charge is 0.336 e. The molecule has 0 atom stereocenters. The first-order valence-corrected chi connectivity index (χ1v) is 6.19. The van der Waals surface area contributed by atoms with Gasteiger partial charge in [-0.1, -0.05) is 19.3 Å².